The molecule has 0 N–H and O–H groups in total. The van der Waals surface area contributed by atoms with Gasteiger partial charge in [-0.25, -0.2) is 0 Å². The molecule has 3 heteroatoms. The van der Waals surface area contributed by atoms with Crippen LogP contribution in [0, 0.1) is 0 Å². The molecule has 3 nitrogen and oxygen atoms in total. The molecule has 0 aromatic heterocycles. The van der Waals surface area contributed by atoms with Crippen molar-refractivity contribution in [3.05, 3.63) is 23.8 Å². The molecule has 0 saturated carbocycles. The second-order valence-electron chi connectivity index (χ2n) is 3.35. The van der Waals surface area contributed by atoms with Crippen LogP contribution in [0.25, 0.3) is 0 Å². The summed E-state index contributed by atoms with van der Waals surface area (Å²) in [6, 6.07) is 5.96. The fraction of sp³-hybridized carbons (Fsp3) is 0.300. The number of hydrogen-bond donors (Lipinski definition) is 0. The molecule has 0 radical (unpaired) electrons. The van der Waals surface area contributed by atoms with Crippen molar-refractivity contribution in [1.82, 2.24) is 0 Å². The lowest BCUT2D eigenvalue weighted by atomic mass is 10.1. The minimum atomic E-state index is 0.0810. The summed E-state index contributed by atoms with van der Waals surface area (Å²) in [7, 11) is 0. The van der Waals surface area contributed by atoms with Crippen LogP contribution in [0.4, 0.5) is 5.69 Å². The molecular formula is C10H9NO2. The van der Waals surface area contributed by atoms with Crippen LogP contribution in [-0.4, -0.2) is 19.1 Å². The number of nitrogens with zero attached hydrogens (tertiary/aromatic N) is 1. The first kappa shape index (κ1) is 6.95. The summed E-state index contributed by atoms with van der Waals surface area (Å²) in [5.74, 6) is 0.937. The summed E-state index contributed by atoms with van der Waals surface area (Å²) in [6.07, 6.45) is 0.957. The number of carbonyl (C=O) groups is 1. The molecule has 13 heavy (non-hydrogen) atoms. The molecule has 0 aliphatic carbocycles. The third-order valence-electron chi connectivity index (χ3n) is 2.61. The molecule has 1 aromatic carbocycles. The van der Waals surface area contributed by atoms with Gasteiger partial charge in [-0.15, -0.1) is 0 Å². The lowest BCUT2D eigenvalue weighted by molar-refractivity contribution is -0.121. The van der Waals surface area contributed by atoms with Gasteiger partial charge in [0, 0.05) is 6.54 Å². The summed E-state index contributed by atoms with van der Waals surface area (Å²) in [6.45, 7) is 1.00. The smallest absolute Gasteiger partial charge is 0.265 e. The Bertz CT molecular complexity index is 387. The van der Waals surface area contributed by atoms with Crippen molar-refractivity contribution in [3.8, 4) is 5.75 Å². The molecule has 1 amide bonds. The minimum absolute atomic E-state index is 0.0810. The molecule has 3 rings (SSSR count). The van der Waals surface area contributed by atoms with Gasteiger partial charge in [-0.1, -0.05) is 12.1 Å². The number of carbonyl (C=O) groups excluding carboxylic acids is 1. The van der Waals surface area contributed by atoms with Crippen LogP contribution >= 0.6 is 0 Å². The lowest BCUT2D eigenvalue weighted by Crippen LogP contribution is -2.36. The number of para-hydroxylation sites is 1. The number of amides is 1. The molecule has 0 fully saturated rings. The summed E-state index contributed by atoms with van der Waals surface area (Å²) in [5, 5.41) is 0. The summed E-state index contributed by atoms with van der Waals surface area (Å²) in [4.78, 5) is 13.2. The highest BCUT2D eigenvalue weighted by Gasteiger charge is 2.31. The van der Waals surface area contributed by atoms with E-state index >= 15 is 0 Å². The van der Waals surface area contributed by atoms with Crippen LogP contribution < -0.4 is 9.64 Å². The van der Waals surface area contributed by atoms with Crippen LogP contribution in [0.5, 0.6) is 5.75 Å². The maximum Gasteiger partial charge on any atom is 0.265 e. The average Bonchev–Trinajstić information content (AvgIpc) is 2.57. The molecule has 0 spiro atoms. The molecule has 2 aliphatic heterocycles. The van der Waals surface area contributed by atoms with Gasteiger partial charge in [0.15, 0.2) is 6.61 Å². The van der Waals surface area contributed by atoms with Crippen LogP contribution in [0.15, 0.2) is 18.2 Å². The molecule has 0 saturated heterocycles. The predicted molar refractivity (Wildman–Crippen MR) is 48.0 cm³/mol. The Hall–Kier alpha value is -1.51. The minimum Gasteiger partial charge on any atom is -0.482 e. The van der Waals surface area contributed by atoms with E-state index in [1.807, 2.05) is 17.0 Å². The Labute approximate surface area is 75.9 Å². The van der Waals surface area contributed by atoms with E-state index in [2.05, 4.69) is 6.07 Å². The van der Waals surface area contributed by atoms with Gasteiger partial charge in [0.1, 0.15) is 5.75 Å². The normalized spacial score (nSPS) is 18.5. The van der Waals surface area contributed by atoms with Gasteiger partial charge in [-0.05, 0) is 18.1 Å². The standard InChI is InChI=1S/C10H9NO2/c12-9-6-13-8-3-1-2-7-4-5-11(9)10(7)8/h1-3H,4-6H2. The van der Waals surface area contributed by atoms with Gasteiger partial charge >= 0.3 is 0 Å². The highest BCUT2D eigenvalue weighted by atomic mass is 16.5. The van der Waals surface area contributed by atoms with E-state index in [1.54, 1.807) is 0 Å². The van der Waals surface area contributed by atoms with Crippen molar-refractivity contribution in [3.63, 3.8) is 0 Å². The van der Waals surface area contributed by atoms with Gasteiger partial charge in [-0.2, -0.15) is 0 Å². The molecule has 2 heterocycles. The molecule has 1 aromatic rings. The zero-order valence-corrected chi connectivity index (χ0v) is 7.12. The van der Waals surface area contributed by atoms with E-state index in [0.29, 0.717) is 0 Å². The van der Waals surface area contributed by atoms with E-state index in [1.165, 1.54) is 5.56 Å². The van der Waals surface area contributed by atoms with Crippen LogP contribution in [0.3, 0.4) is 0 Å². The van der Waals surface area contributed by atoms with Gasteiger partial charge in [0.05, 0.1) is 5.69 Å². The Morgan fingerprint density at radius 2 is 2.31 bits per heavy atom. The molecule has 0 atom stereocenters. The fourth-order valence-electron chi connectivity index (χ4n) is 2.00. The quantitative estimate of drug-likeness (QED) is 0.588. The maximum atomic E-state index is 11.4. The van der Waals surface area contributed by atoms with Crippen LogP contribution in [-0.2, 0) is 11.2 Å². The predicted octanol–water partition coefficient (Wildman–Crippen LogP) is 0.968. The molecule has 0 unspecified atom stereocenters. The first-order valence-electron chi connectivity index (χ1n) is 4.41. The summed E-state index contributed by atoms with van der Waals surface area (Å²) >= 11 is 0. The van der Waals surface area contributed by atoms with Crippen molar-refractivity contribution >= 4 is 11.6 Å². The Morgan fingerprint density at radius 3 is 3.23 bits per heavy atom. The van der Waals surface area contributed by atoms with E-state index in [-0.39, 0.29) is 12.5 Å². The summed E-state index contributed by atoms with van der Waals surface area (Å²) < 4.78 is 5.34. The highest BCUT2D eigenvalue weighted by Crippen LogP contribution is 2.39. The van der Waals surface area contributed by atoms with E-state index < -0.39 is 0 Å². The van der Waals surface area contributed by atoms with Crippen molar-refractivity contribution in [2.24, 2.45) is 0 Å². The number of hydrogen-bond acceptors (Lipinski definition) is 2. The second-order valence-corrected chi connectivity index (χ2v) is 3.35. The third kappa shape index (κ3) is 0.813. The highest BCUT2D eigenvalue weighted by molar-refractivity contribution is 6.00. The van der Waals surface area contributed by atoms with Gasteiger partial charge in [0.25, 0.3) is 5.91 Å². The second kappa shape index (κ2) is 2.25. The third-order valence-corrected chi connectivity index (χ3v) is 2.61. The number of benzene rings is 1. The van der Waals surface area contributed by atoms with Gasteiger partial charge in [-0.3, -0.25) is 4.79 Å². The van der Waals surface area contributed by atoms with Gasteiger partial charge < -0.3 is 9.64 Å². The lowest BCUT2D eigenvalue weighted by Gasteiger charge is -2.25. The van der Waals surface area contributed by atoms with E-state index in [0.717, 1.165) is 24.4 Å². The van der Waals surface area contributed by atoms with Crippen molar-refractivity contribution < 1.29 is 9.53 Å². The Balaban J connectivity index is 2.24. The SMILES string of the molecule is O=C1COc2cccc3c2N1CC3. The monoisotopic (exact) mass is 175 g/mol. The first-order valence-corrected chi connectivity index (χ1v) is 4.41. The number of rotatable bonds is 0. The maximum absolute atomic E-state index is 11.4. The van der Waals surface area contributed by atoms with Crippen LogP contribution in [0.1, 0.15) is 5.56 Å². The zero-order chi connectivity index (χ0) is 8.84. The van der Waals surface area contributed by atoms with Gasteiger partial charge in [0.2, 0.25) is 0 Å². The summed E-state index contributed by atoms with van der Waals surface area (Å²) in [5.41, 5.74) is 2.23. The molecule has 66 valence electrons. The topological polar surface area (TPSA) is 29.5 Å². The number of anilines is 1. The zero-order valence-electron chi connectivity index (χ0n) is 7.12. The Morgan fingerprint density at radius 1 is 1.38 bits per heavy atom. The first-order chi connectivity index (χ1) is 6.36. The molecular weight excluding hydrogens is 166 g/mol. The Kier molecular flexibility index (Phi) is 1.20. The van der Waals surface area contributed by atoms with E-state index in [4.69, 9.17) is 4.74 Å². The van der Waals surface area contributed by atoms with Crippen LogP contribution in [0.2, 0.25) is 0 Å². The van der Waals surface area contributed by atoms with Crippen molar-refractivity contribution in [1.29, 1.82) is 0 Å². The number of ether oxygens (including phenoxy) is 1. The van der Waals surface area contributed by atoms with E-state index in [9.17, 15) is 4.79 Å². The molecule has 0 bridgehead atoms. The average molecular weight is 175 g/mol. The van der Waals surface area contributed by atoms with Crippen molar-refractivity contribution in [2.75, 3.05) is 18.1 Å². The van der Waals surface area contributed by atoms with Crippen molar-refractivity contribution in [2.45, 2.75) is 6.42 Å². The largest absolute Gasteiger partial charge is 0.482 e. The molecule has 2 aliphatic rings. The fourth-order valence-corrected chi connectivity index (χ4v) is 2.00.